The summed E-state index contributed by atoms with van der Waals surface area (Å²) < 4.78 is 15.6. The second-order valence-corrected chi connectivity index (χ2v) is 15.5. The lowest BCUT2D eigenvalue weighted by Crippen LogP contribution is -2.04. The van der Waals surface area contributed by atoms with E-state index in [9.17, 15) is 14.4 Å². The average Bonchev–Trinajstić information content (AvgIpc) is 3.15. The Bertz CT molecular complexity index is 1270. The zero-order chi connectivity index (χ0) is 37.5. The van der Waals surface area contributed by atoms with Gasteiger partial charge in [-0.05, 0) is 75.2 Å². The number of hydrogen-bond acceptors (Lipinski definition) is 15. The predicted octanol–water partition coefficient (Wildman–Crippen LogP) is 8.48. The number of terminal acetylenes is 1. The van der Waals surface area contributed by atoms with Crippen molar-refractivity contribution in [3.05, 3.63) is 73.2 Å². The largest absolute Gasteiger partial charge is 0.481 e. The minimum atomic E-state index is -0.745. The summed E-state index contributed by atoms with van der Waals surface area (Å²) >= 11 is 0. The van der Waals surface area contributed by atoms with Crippen LogP contribution in [0.4, 0.5) is 0 Å². The summed E-state index contributed by atoms with van der Waals surface area (Å²) in [6.45, 7) is 6.40. The van der Waals surface area contributed by atoms with Crippen LogP contribution in [0.2, 0.25) is 0 Å². The molecule has 0 aromatic carbocycles. The topological polar surface area (TPSA) is 149 Å². The third-order valence-corrected chi connectivity index (χ3v) is 11.3. The molecule has 49 heavy (non-hydrogen) atoms. The van der Waals surface area contributed by atoms with Gasteiger partial charge in [-0.2, -0.15) is 0 Å². The Hall–Kier alpha value is -2.52. The van der Waals surface area contributed by atoms with Crippen LogP contribution in [0, 0.1) is 12.8 Å². The van der Waals surface area contributed by atoms with Crippen molar-refractivity contribution in [3.63, 3.8) is 0 Å². The van der Waals surface area contributed by atoms with Gasteiger partial charge in [0.2, 0.25) is 0 Å². The number of aromatic nitrogens is 3. The number of rotatable bonds is 18. The van der Waals surface area contributed by atoms with Crippen LogP contribution in [0.25, 0.3) is 0 Å². The van der Waals surface area contributed by atoms with Gasteiger partial charge in [0, 0.05) is 55.1 Å². The molecule has 0 saturated carbocycles. The molecule has 0 amide bonds. The highest BCUT2D eigenvalue weighted by atomic mass is 33.1. The van der Waals surface area contributed by atoms with E-state index in [1.807, 2.05) is 54.6 Å². The molecule has 0 fully saturated rings. The Morgan fingerprint density at radius 2 is 1.08 bits per heavy atom. The first-order valence-electron chi connectivity index (χ1n) is 15.4. The molecule has 0 spiro atoms. The minimum absolute atomic E-state index is 0.123. The fraction of sp³-hybridized carbons (Fsp3) is 0.394. The SMILES string of the molecule is CCC(=O)O.CCC(=O)OCCCSSc1ccccn1.CCC(=O)OCCSSc1ccccn1.OCCSSc1ccccn1.[2H]C#C. The number of carboxylic acid groups (broad SMARTS) is 1. The van der Waals surface area contributed by atoms with E-state index in [2.05, 4.69) is 21.4 Å². The first-order valence-corrected chi connectivity index (χ1v) is 21.9. The molecule has 0 aliphatic carbocycles. The van der Waals surface area contributed by atoms with Gasteiger partial charge in [-0.25, -0.2) is 15.0 Å². The number of pyridine rings is 3. The standard InChI is InChI=1S/C11H15NO2S2.C10H13NO2S2.C7H9NOS2.C3H6O2.C2H2/c1-2-11(13)14-8-5-9-15-16-10-6-3-4-7-12-10;1-2-10(12)13-7-8-14-15-9-5-3-4-6-11-9;9-5-6-10-11-7-3-1-2-4-8-7;1-2-3(4)5;1-2/h3-4,6-7H,2,5,8-9H2,1H3;3-6H,2,7-8H2,1H3;1-4,9H,5-6H2;2H2,1H3,(H,4,5);1-2H/i;;;;1D. The monoisotopic (exact) mass is 788 g/mol. The van der Waals surface area contributed by atoms with Crippen molar-refractivity contribution in [2.45, 2.75) is 61.5 Å². The lowest BCUT2D eigenvalue weighted by atomic mass is 10.5. The first kappa shape index (κ1) is 46.5. The van der Waals surface area contributed by atoms with Crippen LogP contribution in [0.3, 0.4) is 0 Å². The van der Waals surface area contributed by atoms with Crippen molar-refractivity contribution in [1.82, 2.24) is 15.0 Å². The summed E-state index contributed by atoms with van der Waals surface area (Å²) in [6, 6.07) is 17.4. The molecule has 2 N–H and O–H groups in total. The van der Waals surface area contributed by atoms with Gasteiger partial charge in [-0.15, -0.1) is 12.8 Å². The maximum Gasteiger partial charge on any atom is 0.305 e. The smallest absolute Gasteiger partial charge is 0.305 e. The fourth-order valence-electron chi connectivity index (χ4n) is 2.23. The average molecular weight is 789 g/mol. The number of carboxylic acids is 1. The number of ether oxygens (including phenoxy) is 2. The molecular weight excluding hydrogens is 743 g/mol. The summed E-state index contributed by atoms with van der Waals surface area (Å²) in [6.07, 6.45) is 13.1. The summed E-state index contributed by atoms with van der Waals surface area (Å²) in [5, 5.41) is 19.2. The molecule has 0 aliphatic rings. The van der Waals surface area contributed by atoms with Gasteiger partial charge < -0.3 is 19.7 Å². The predicted molar refractivity (Wildman–Crippen MR) is 210 cm³/mol. The van der Waals surface area contributed by atoms with Gasteiger partial charge in [0.15, 0.2) is 0 Å². The number of aliphatic hydroxyl groups excluding tert-OH is 1. The summed E-state index contributed by atoms with van der Waals surface area (Å²) in [4.78, 5) is 43.5. The van der Waals surface area contributed by atoms with Crippen molar-refractivity contribution in [2.24, 2.45) is 0 Å². The van der Waals surface area contributed by atoms with Gasteiger partial charge >= 0.3 is 17.9 Å². The molecule has 3 heterocycles. The van der Waals surface area contributed by atoms with Crippen molar-refractivity contribution in [2.75, 3.05) is 37.1 Å². The van der Waals surface area contributed by atoms with Crippen LogP contribution in [0.15, 0.2) is 88.3 Å². The Morgan fingerprint density at radius 1 is 0.694 bits per heavy atom. The lowest BCUT2D eigenvalue weighted by molar-refractivity contribution is -0.143. The molecule has 270 valence electrons. The lowest BCUT2D eigenvalue weighted by Gasteiger charge is -2.02. The van der Waals surface area contributed by atoms with Crippen LogP contribution in [0.1, 0.15) is 47.8 Å². The number of aliphatic hydroxyl groups is 1. The van der Waals surface area contributed by atoms with Gasteiger partial charge in [0.1, 0.15) is 23.1 Å². The zero-order valence-corrected chi connectivity index (χ0v) is 32.7. The summed E-state index contributed by atoms with van der Waals surface area (Å²) in [5.41, 5.74) is 0. The quantitative estimate of drug-likeness (QED) is 0.0549. The summed E-state index contributed by atoms with van der Waals surface area (Å²) in [5.74, 6) is 1.48. The van der Waals surface area contributed by atoms with Gasteiger partial charge in [-0.3, -0.25) is 14.4 Å². The minimum Gasteiger partial charge on any atom is -0.481 e. The fourth-order valence-corrected chi connectivity index (χ4v) is 7.52. The maximum absolute atomic E-state index is 10.8. The molecule has 3 aromatic rings. The molecule has 3 aromatic heterocycles. The van der Waals surface area contributed by atoms with Crippen molar-refractivity contribution in [1.29, 1.82) is 0 Å². The number of carbonyl (C=O) groups excluding carboxylic acids is 2. The molecular formula is C33H45N3O7S6. The van der Waals surface area contributed by atoms with Crippen LogP contribution in [-0.2, 0) is 23.9 Å². The van der Waals surface area contributed by atoms with E-state index in [0.29, 0.717) is 26.1 Å². The molecule has 0 bridgehead atoms. The molecule has 16 heteroatoms. The molecule has 0 radical (unpaired) electrons. The molecule has 3 rings (SSSR count). The zero-order valence-electron chi connectivity index (χ0n) is 28.8. The van der Waals surface area contributed by atoms with Gasteiger partial charge in [-0.1, -0.05) is 71.4 Å². The first-order chi connectivity index (χ1) is 24.3. The molecule has 0 aliphatic heterocycles. The van der Waals surface area contributed by atoms with E-state index >= 15 is 0 Å². The van der Waals surface area contributed by atoms with E-state index < -0.39 is 5.97 Å². The van der Waals surface area contributed by atoms with Crippen LogP contribution in [0.5, 0.6) is 0 Å². The molecule has 0 unspecified atom stereocenters. The van der Waals surface area contributed by atoms with E-state index in [0.717, 1.165) is 38.8 Å². The third kappa shape index (κ3) is 35.1. The summed E-state index contributed by atoms with van der Waals surface area (Å²) in [7, 11) is 9.81. The second kappa shape index (κ2) is 38.3. The van der Waals surface area contributed by atoms with Crippen LogP contribution < -0.4 is 0 Å². The number of nitrogens with zero attached hydrogens (tertiary/aromatic N) is 3. The Kier molecular flexibility index (Phi) is 36.3. The Balaban J connectivity index is 0. The van der Waals surface area contributed by atoms with Crippen molar-refractivity contribution >= 4 is 82.7 Å². The Morgan fingerprint density at radius 3 is 1.43 bits per heavy atom. The van der Waals surface area contributed by atoms with Crippen molar-refractivity contribution in [3.8, 4) is 12.8 Å². The Labute approximate surface area is 315 Å². The molecule has 10 nitrogen and oxygen atoms in total. The highest BCUT2D eigenvalue weighted by molar-refractivity contribution is 8.77. The highest BCUT2D eigenvalue weighted by Crippen LogP contribution is 2.30. The van der Waals surface area contributed by atoms with Crippen LogP contribution in [-0.4, -0.2) is 80.2 Å². The number of hydrogen-bond donors (Lipinski definition) is 2. The normalized spacial score (nSPS) is 9.49. The second-order valence-electron chi connectivity index (χ2n) is 8.19. The van der Waals surface area contributed by atoms with E-state index in [-0.39, 0.29) is 25.0 Å². The van der Waals surface area contributed by atoms with E-state index in [1.54, 1.807) is 104 Å². The third-order valence-electron chi connectivity index (χ3n) is 4.47. The molecule has 0 saturated heterocycles. The van der Waals surface area contributed by atoms with Crippen LogP contribution >= 0.6 is 64.8 Å². The highest BCUT2D eigenvalue weighted by Gasteiger charge is 2.00. The van der Waals surface area contributed by atoms with Crippen molar-refractivity contribution < 1.29 is 35.4 Å². The van der Waals surface area contributed by atoms with Gasteiger partial charge in [0.05, 0.1) is 13.2 Å². The number of esters is 2. The van der Waals surface area contributed by atoms with Gasteiger partial charge in [0.25, 0.3) is 0 Å². The van der Waals surface area contributed by atoms with E-state index in [1.165, 1.54) is 6.40 Å². The molecule has 0 atom stereocenters. The maximum atomic E-state index is 10.8. The number of carbonyl (C=O) groups is 3. The van der Waals surface area contributed by atoms with E-state index in [4.69, 9.17) is 21.1 Å². The number of aliphatic carboxylic acids is 1.